The molecule has 1 saturated heterocycles. The standard InChI is InChI=1S/C14H17ClFN3/c1-18-6-2-3-11(9-18)19-13-5-4-10(16)7-12(13)17-14(19)8-15/h4-5,7,11H,2-3,6,8-9H2,1H3. The van der Waals surface area contributed by atoms with Crippen LogP contribution in [0.2, 0.25) is 0 Å². The van der Waals surface area contributed by atoms with Crippen LogP contribution in [0.4, 0.5) is 4.39 Å². The van der Waals surface area contributed by atoms with Gasteiger partial charge >= 0.3 is 0 Å². The number of imidazole rings is 1. The van der Waals surface area contributed by atoms with Gasteiger partial charge in [-0.15, -0.1) is 11.6 Å². The maximum Gasteiger partial charge on any atom is 0.125 e. The summed E-state index contributed by atoms with van der Waals surface area (Å²) in [5, 5.41) is 0. The van der Waals surface area contributed by atoms with Gasteiger partial charge in [0.2, 0.25) is 0 Å². The van der Waals surface area contributed by atoms with Crippen molar-refractivity contribution >= 4 is 22.6 Å². The lowest BCUT2D eigenvalue weighted by molar-refractivity contribution is 0.213. The number of benzene rings is 1. The Bertz CT molecular complexity index is 596. The molecule has 0 aliphatic carbocycles. The highest BCUT2D eigenvalue weighted by atomic mass is 35.5. The van der Waals surface area contributed by atoms with Crippen molar-refractivity contribution in [3.63, 3.8) is 0 Å². The Labute approximate surface area is 117 Å². The summed E-state index contributed by atoms with van der Waals surface area (Å²) >= 11 is 6.01. The summed E-state index contributed by atoms with van der Waals surface area (Å²) in [7, 11) is 2.13. The molecule has 102 valence electrons. The average Bonchev–Trinajstić information content (AvgIpc) is 2.76. The van der Waals surface area contributed by atoms with Crippen LogP contribution in [0.1, 0.15) is 24.7 Å². The van der Waals surface area contributed by atoms with Crippen LogP contribution in [0.3, 0.4) is 0 Å². The Balaban J connectivity index is 2.10. The molecule has 1 unspecified atom stereocenters. The Hall–Kier alpha value is -1.13. The largest absolute Gasteiger partial charge is 0.323 e. The number of aromatic nitrogens is 2. The molecule has 0 amide bonds. The number of halogens is 2. The number of hydrogen-bond acceptors (Lipinski definition) is 2. The Kier molecular flexibility index (Phi) is 3.46. The molecule has 0 saturated carbocycles. The van der Waals surface area contributed by atoms with Gasteiger partial charge in [0.1, 0.15) is 11.6 Å². The van der Waals surface area contributed by atoms with Crippen LogP contribution < -0.4 is 0 Å². The summed E-state index contributed by atoms with van der Waals surface area (Å²) in [5.41, 5.74) is 1.68. The quantitative estimate of drug-likeness (QED) is 0.789. The molecule has 2 heterocycles. The maximum absolute atomic E-state index is 13.3. The van der Waals surface area contributed by atoms with Gasteiger partial charge in [0.15, 0.2) is 0 Å². The predicted octanol–water partition coefficient (Wildman–Crippen LogP) is 3.18. The van der Waals surface area contributed by atoms with Crippen molar-refractivity contribution in [3.8, 4) is 0 Å². The van der Waals surface area contributed by atoms with Gasteiger partial charge in [0.25, 0.3) is 0 Å². The van der Waals surface area contributed by atoms with E-state index in [0.717, 1.165) is 30.9 Å². The Morgan fingerprint density at radius 3 is 3.05 bits per heavy atom. The highest BCUT2D eigenvalue weighted by Gasteiger charge is 2.23. The molecule has 1 aliphatic rings. The monoisotopic (exact) mass is 281 g/mol. The van der Waals surface area contributed by atoms with Crippen LogP contribution >= 0.6 is 11.6 Å². The van der Waals surface area contributed by atoms with Gasteiger partial charge in [0, 0.05) is 18.7 Å². The molecule has 1 aromatic carbocycles. The molecule has 0 radical (unpaired) electrons. The van der Waals surface area contributed by atoms with E-state index in [9.17, 15) is 4.39 Å². The van der Waals surface area contributed by atoms with Gasteiger partial charge in [-0.25, -0.2) is 9.37 Å². The van der Waals surface area contributed by atoms with Crippen molar-refractivity contribution in [1.82, 2.24) is 14.5 Å². The maximum atomic E-state index is 13.3. The molecule has 1 fully saturated rings. The average molecular weight is 282 g/mol. The summed E-state index contributed by atoms with van der Waals surface area (Å²) in [6, 6.07) is 5.16. The van der Waals surface area contributed by atoms with Gasteiger partial charge < -0.3 is 9.47 Å². The number of likely N-dealkylation sites (N-methyl/N-ethyl adjacent to an activating group) is 1. The predicted molar refractivity (Wildman–Crippen MR) is 75.0 cm³/mol. The minimum Gasteiger partial charge on any atom is -0.323 e. The van der Waals surface area contributed by atoms with E-state index in [4.69, 9.17) is 11.6 Å². The van der Waals surface area contributed by atoms with E-state index in [0.29, 0.717) is 17.4 Å². The van der Waals surface area contributed by atoms with Crippen molar-refractivity contribution in [2.24, 2.45) is 0 Å². The fraction of sp³-hybridized carbons (Fsp3) is 0.500. The zero-order valence-electron chi connectivity index (χ0n) is 10.9. The third kappa shape index (κ3) is 2.35. The van der Waals surface area contributed by atoms with Crippen LogP contribution in [0, 0.1) is 5.82 Å². The number of hydrogen-bond donors (Lipinski definition) is 0. The van der Waals surface area contributed by atoms with E-state index in [1.807, 2.05) is 6.07 Å². The smallest absolute Gasteiger partial charge is 0.125 e. The minimum absolute atomic E-state index is 0.251. The van der Waals surface area contributed by atoms with Crippen LogP contribution in [-0.2, 0) is 5.88 Å². The fourth-order valence-corrected chi connectivity index (χ4v) is 3.16. The van der Waals surface area contributed by atoms with Crippen molar-refractivity contribution in [3.05, 3.63) is 29.8 Å². The molecule has 3 rings (SSSR count). The van der Waals surface area contributed by atoms with Crippen LogP contribution in [-0.4, -0.2) is 34.6 Å². The number of alkyl halides is 1. The van der Waals surface area contributed by atoms with Crippen molar-refractivity contribution < 1.29 is 4.39 Å². The molecule has 1 atom stereocenters. The summed E-state index contributed by atoms with van der Waals surface area (Å²) in [6.07, 6.45) is 2.29. The minimum atomic E-state index is -0.251. The highest BCUT2D eigenvalue weighted by Crippen LogP contribution is 2.28. The van der Waals surface area contributed by atoms with Gasteiger partial charge in [-0.2, -0.15) is 0 Å². The van der Waals surface area contributed by atoms with Gasteiger partial charge in [-0.1, -0.05) is 0 Å². The van der Waals surface area contributed by atoms with E-state index in [1.165, 1.54) is 18.6 Å². The first-order valence-electron chi connectivity index (χ1n) is 6.60. The second-order valence-corrected chi connectivity index (χ2v) is 5.49. The molecular weight excluding hydrogens is 265 g/mol. The second-order valence-electron chi connectivity index (χ2n) is 5.22. The Morgan fingerprint density at radius 1 is 1.47 bits per heavy atom. The van der Waals surface area contributed by atoms with Crippen LogP contribution in [0.15, 0.2) is 18.2 Å². The van der Waals surface area contributed by atoms with E-state index in [2.05, 4.69) is 21.5 Å². The lowest BCUT2D eigenvalue weighted by atomic mass is 10.1. The van der Waals surface area contributed by atoms with E-state index in [-0.39, 0.29) is 5.82 Å². The van der Waals surface area contributed by atoms with E-state index >= 15 is 0 Å². The van der Waals surface area contributed by atoms with Crippen molar-refractivity contribution in [1.29, 1.82) is 0 Å². The molecule has 1 aromatic heterocycles. The topological polar surface area (TPSA) is 21.1 Å². The normalized spacial score (nSPS) is 21.1. The van der Waals surface area contributed by atoms with E-state index < -0.39 is 0 Å². The molecule has 1 aliphatic heterocycles. The van der Waals surface area contributed by atoms with Crippen LogP contribution in [0.25, 0.3) is 11.0 Å². The molecule has 3 nitrogen and oxygen atoms in total. The first-order valence-corrected chi connectivity index (χ1v) is 7.13. The van der Waals surface area contributed by atoms with Gasteiger partial charge in [0.05, 0.1) is 16.9 Å². The lowest BCUT2D eigenvalue weighted by Gasteiger charge is -2.31. The zero-order chi connectivity index (χ0) is 13.4. The number of fused-ring (bicyclic) bond motifs is 1. The number of piperidine rings is 1. The first kappa shape index (κ1) is 12.9. The fourth-order valence-electron chi connectivity index (χ4n) is 2.97. The molecule has 19 heavy (non-hydrogen) atoms. The Morgan fingerprint density at radius 2 is 2.32 bits per heavy atom. The van der Waals surface area contributed by atoms with Crippen LogP contribution in [0.5, 0.6) is 0 Å². The van der Waals surface area contributed by atoms with Crippen molar-refractivity contribution in [2.75, 3.05) is 20.1 Å². The number of likely N-dealkylation sites (tertiary alicyclic amines) is 1. The third-order valence-electron chi connectivity index (χ3n) is 3.81. The summed E-state index contributed by atoms with van der Waals surface area (Å²) < 4.78 is 15.5. The van der Waals surface area contributed by atoms with E-state index in [1.54, 1.807) is 0 Å². The first-order chi connectivity index (χ1) is 9.19. The number of nitrogens with zero attached hydrogens (tertiary/aromatic N) is 3. The summed E-state index contributed by atoms with van der Waals surface area (Å²) in [5.74, 6) is 0.942. The molecule has 0 bridgehead atoms. The third-order valence-corrected chi connectivity index (χ3v) is 4.05. The van der Waals surface area contributed by atoms with Crippen molar-refractivity contribution in [2.45, 2.75) is 24.8 Å². The van der Waals surface area contributed by atoms with Gasteiger partial charge in [-0.05, 0) is 38.6 Å². The molecule has 2 aromatic rings. The SMILES string of the molecule is CN1CCCC(n2c(CCl)nc3cc(F)ccc32)C1. The molecule has 0 spiro atoms. The second kappa shape index (κ2) is 5.10. The summed E-state index contributed by atoms with van der Waals surface area (Å²) in [6.45, 7) is 2.13. The highest BCUT2D eigenvalue weighted by molar-refractivity contribution is 6.16. The molecule has 0 N–H and O–H groups in total. The summed E-state index contributed by atoms with van der Waals surface area (Å²) in [4.78, 5) is 6.79. The zero-order valence-corrected chi connectivity index (χ0v) is 11.7. The molecule has 5 heteroatoms. The number of rotatable bonds is 2. The molecular formula is C14H17ClFN3. The lowest BCUT2D eigenvalue weighted by Crippen LogP contribution is -2.34. The van der Waals surface area contributed by atoms with Gasteiger partial charge in [-0.3, -0.25) is 0 Å².